The molecule has 0 radical (unpaired) electrons. The van der Waals surface area contributed by atoms with Crippen molar-refractivity contribution < 1.29 is 19.0 Å². The standard InChI is InChI=1S/C11H14FNO3/c1-7(2)6-16-11(15)13-8-3-4-10(14)9(12)5-8/h3-5,7,14H,6H2,1-2H3,(H,13,15). The minimum atomic E-state index is -0.790. The van der Waals surface area contributed by atoms with E-state index in [-0.39, 0.29) is 11.6 Å². The molecule has 0 saturated carbocycles. The number of ether oxygens (including phenoxy) is 1. The van der Waals surface area contributed by atoms with Crippen molar-refractivity contribution in [2.45, 2.75) is 13.8 Å². The van der Waals surface area contributed by atoms with Crippen molar-refractivity contribution in [1.82, 2.24) is 0 Å². The number of carbonyl (C=O) groups excluding carboxylic acids is 1. The third-order valence-corrected chi connectivity index (χ3v) is 1.74. The number of halogens is 1. The Morgan fingerprint density at radius 1 is 1.56 bits per heavy atom. The first-order valence-corrected chi connectivity index (χ1v) is 4.91. The second-order valence-corrected chi connectivity index (χ2v) is 3.78. The van der Waals surface area contributed by atoms with Crippen molar-refractivity contribution in [3.05, 3.63) is 24.0 Å². The summed E-state index contributed by atoms with van der Waals surface area (Å²) in [6, 6.07) is 3.56. The Kier molecular flexibility index (Phi) is 4.10. The maximum Gasteiger partial charge on any atom is 0.411 e. The number of amides is 1. The monoisotopic (exact) mass is 227 g/mol. The number of carbonyl (C=O) groups is 1. The van der Waals surface area contributed by atoms with Gasteiger partial charge in [-0.05, 0) is 18.1 Å². The number of hydrogen-bond donors (Lipinski definition) is 2. The van der Waals surface area contributed by atoms with Crippen LogP contribution >= 0.6 is 0 Å². The molecule has 1 amide bonds. The molecule has 1 rings (SSSR count). The molecule has 5 heteroatoms. The predicted octanol–water partition coefficient (Wildman–Crippen LogP) is 2.74. The molecule has 0 atom stereocenters. The Balaban J connectivity index is 2.53. The highest BCUT2D eigenvalue weighted by molar-refractivity contribution is 5.84. The van der Waals surface area contributed by atoms with E-state index in [2.05, 4.69) is 5.32 Å². The number of benzene rings is 1. The molecule has 0 heterocycles. The Labute approximate surface area is 93.0 Å². The van der Waals surface area contributed by atoms with Crippen molar-refractivity contribution in [2.24, 2.45) is 5.92 Å². The zero-order chi connectivity index (χ0) is 12.1. The third-order valence-electron chi connectivity index (χ3n) is 1.74. The molecule has 16 heavy (non-hydrogen) atoms. The van der Waals surface area contributed by atoms with Crippen LogP contribution < -0.4 is 5.32 Å². The molecule has 0 bridgehead atoms. The minimum Gasteiger partial charge on any atom is -0.505 e. The van der Waals surface area contributed by atoms with Gasteiger partial charge in [-0.1, -0.05) is 13.8 Å². The number of hydrogen-bond acceptors (Lipinski definition) is 3. The maximum absolute atomic E-state index is 12.9. The molecule has 88 valence electrons. The van der Waals surface area contributed by atoms with Gasteiger partial charge in [-0.2, -0.15) is 0 Å². The van der Waals surface area contributed by atoms with Crippen LogP contribution in [-0.4, -0.2) is 17.8 Å². The van der Waals surface area contributed by atoms with Crippen LogP contribution in [0.25, 0.3) is 0 Å². The van der Waals surface area contributed by atoms with E-state index in [1.165, 1.54) is 6.07 Å². The number of nitrogens with one attached hydrogen (secondary N) is 1. The first kappa shape index (κ1) is 12.3. The van der Waals surface area contributed by atoms with Crippen LogP contribution in [-0.2, 0) is 4.74 Å². The van der Waals surface area contributed by atoms with Crippen molar-refractivity contribution in [3.8, 4) is 5.75 Å². The topological polar surface area (TPSA) is 58.6 Å². The van der Waals surface area contributed by atoms with E-state index in [1.807, 2.05) is 13.8 Å². The molecular formula is C11H14FNO3. The number of rotatable bonds is 3. The van der Waals surface area contributed by atoms with Crippen LogP contribution in [0.15, 0.2) is 18.2 Å². The predicted molar refractivity (Wildman–Crippen MR) is 57.9 cm³/mol. The van der Waals surface area contributed by atoms with Crippen LogP contribution in [0.2, 0.25) is 0 Å². The zero-order valence-corrected chi connectivity index (χ0v) is 9.16. The van der Waals surface area contributed by atoms with Gasteiger partial charge in [-0.3, -0.25) is 5.32 Å². The normalized spacial score (nSPS) is 10.2. The van der Waals surface area contributed by atoms with Crippen LogP contribution in [0.3, 0.4) is 0 Å². The summed E-state index contributed by atoms with van der Waals surface area (Å²) >= 11 is 0. The molecule has 0 unspecified atom stereocenters. The van der Waals surface area contributed by atoms with Gasteiger partial charge < -0.3 is 9.84 Å². The average Bonchev–Trinajstić information content (AvgIpc) is 2.21. The Morgan fingerprint density at radius 2 is 2.25 bits per heavy atom. The summed E-state index contributed by atoms with van der Waals surface area (Å²) < 4.78 is 17.7. The van der Waals surface area contributed by atoms with Gasteiger partial charge in [0.15, 0.2) is 11.6 Å². The fourth-order valence-corrected chi connectivity index (χ4v) is 0.981. The van der Waals surface area contributed by atoms with E-state index < -0.39 is 17.7 Å². The second-order valence-electron chi connectivity index (χ2n) is 3.78. The lowest BCUT2D eigenvalue weighted by molar-refractivity contribution is 0.147. The molecule has 0 aromatic heterocycles. The lowest BCUT2D eigenvalue weighted by Gasteiger charge is -2.08. The molecule has 0 aliphatic rings. The van der Waals surface area contributed by atoms with Gasteiger partial charge in [-0.15, -0.1) is 0 Å². The summed E-state index contributed by atoms with van der Waals surface area (Å²) in [5.41, 5.74) is 0.240. The summed E-state index contributed by atoms with van der Waals surface area (Å²) in [4.78, 5) is 11.2. The van der Waals surface area contributed by atoms with Crippen LogP contribution in [0, 0.1) is 11.7 Å². The Bertz CT molecular complexity index is 379. The van der Waals surface area contributed by atoms with Crippen LogP contribution in [0.5, 0.6) is 5.75 Å². The lowest BCUT2D eigenvalue weighted by atomic mass is 10.2. The fraction of sp³-hybridized carbons (Fsp3) is 0.364. The molecule has 1 aromatic rings. The van der Waals surface area contributed by atoms with Gasteiger partial charge >= 0.3 is 6.09 Å². The first-order chi connectivity index (χ1) is 7.49. The molecule has 0 aliphatic carbocycles. The molecule has 0 aliphatic heterocycles. The van der Waals surface area contributed by atoms with Crippen molar-refractivity contribution in [3.63, 3.8) is 0 Å². The fourth-order valence-electron chi connectivity index (χ4n) is 0.981. The van der Waals surface area contributed by atoms with Crippen molar-refractivity contribution in [1.29, 1.82) is 0 Å². The van der Waals surface area contributed by atoms with E-state index in [1.54, 1.807) is 0 Å². The van der Waals surface area contributed by atoms with E-state index in [4.69, 9.17) is 9.84 Å². The number of phenols is 1. The summed E-state index contributed by atoms with van der Waals surface area (Å²) in [7, 11) is 0. The SMILES string of the molecule is CC(C)COC(=O)Nc1ccc(O)c(F)c1. The largest absolute Gasteiger partial charge is 0.505 e. The highest BCUT2D eigenvalue weighted by atomic mass is 19.1. The number of anilines is 1. The molecule has 2 N–H and O–H groups in total. The quantitative estimate of drug-likeness (QED) is 0.780. The second kappa shape index (κ2) is 5.34. The highest BCUT2D eigenvalue weighted by Gasteiger charge is 2.06. The molecule has 0 saturated heterocycles. The van der Waals surface area contributed by atoms with Gasteiger partial charge in [0.25, 0.3) is 0 Å². The minimum absolute atomic E-state index is 0.238. The Hall–Kier alpha value is -1.78. The first-order valence-electron chi connectivity index (χ1n) is 4.91. The van der Waals surface area contributed by atoms with E-state index >= 15 is 0 Å². The van der Waals surface area contributed by atoms with Crippen LogP contribution in [0.1, 0.15) is 13.8 Å². The van der Waals surface area contributed by atoms with Crippen molar-refractivity contribution >= 4 is 11.8 Å². The molecule has 4 nitrogen and oxygen atoms in total. The van der Waals surface area contributed by atoms with Crippen LogP contribution in [0.4, 0.5) is 14.9 Å². The van der Waals surface area contributed by atoms with Gasteiger partial charge in [0.05, 0.1) is 6.61 Å². The molecule has 0 spiro atoms. The summed E-state index contributed by atoms with van der Waals surface area (Å²) in [5, 5.41) is 11.3. The average molecular weight is 227 g/mol. The van der Waals surface area contributed by atoms with Gasteiger partial charge in [0.1, 0.15) is 0 Å². The molecule has 0 fully saturated rings. The maximum atomic E-state index is 12.9. The summed E-state index contributed by atoms with van der Waals surface area (Å²) in [6.45, 7) is 4.12. The van der Waals surface area contributed by atoms with Gasteiger partial charge in [0, 0.05) is 11.8 Å². The number of aromatic hydroxyl groups is 1. The highest BCUT2D eigenvalue weighted by Crippen LogP contribution is 2.19. The van der Waals surface area contributed by atoms with E-state index in [9.17, 15) is 9.18 Å². The Morgan fingerprint density at radius 3 is 2.81 bits per heavy atom. The van der Waals surface area contributed by atoms with Crippen molar-refractivity contribution in [2.75, 3.05) is 11.9 Å². The molecular weight excluding hydrogens is 213 g/mol. The summed E-state index contributed by atoms with van der Waals surface area (Å²) in [6.07, 6.45) is -0.640. The summed E-state index contributed by atoms with van der Waals surface area (Å²) in [5.74, 6) is -1.01. The molecule has 1 aromatic carbocycles. The van der Waals surface area contributed by atoms with Gasteiger partial charge in [-0.25, -0.2) is 9.18 Å². The van der Waals surface area contributed by atoms with Gasteiger partial charge in [0.2, 0.25) is 0 Å². The smallest absolute Gasteiger partial charge is 0.411 e. The zero-order valence-electron chi connectivity index (χ0n) is 9.16. The van der Waals surface area contributed by atoms with E-state index in [0.29, 0.717) is 6.61 Å². The van der Waals surface area contributed by atoms with E-state index in [0.717, 1.165) is 12.1 Å². The number of phenolic OH excluding ortho intramolecular Hbond substituents is 1. The lowest BCUT2D eigenvalue weighted by Crippen LogP contribution is -2.16. The third kappa shape index (κ3) is 3.76.